The maximum absolute atomic E-state index is 10.7. The van der Waals surface area contributed by atoms with E-state index in [0.717, 1.165) is 11.4 Å². The zero-order valence-electron chi connectivity index (χ0n) is 11.2. The molecule has 0 bridgehead atoms. The lowest BCUT2D eigenvalue weighted by Gasteiger charge is -2.02. The van der Waals surface area contributed by atoms with Gasteiger partial charge in [0.1, 0.15) is 11.5 Å². The van der Waals surface area contributed by atoms with Crippen LogP contribution < -0.4 is 10.2 Å². The zero-order valence-corrected chi connectivity index (χ0v) is 11.2. The molecule has 0 saturated carbocycles. The number of methoxy groups -OCH3 is 1. The number of nitro benzene ring substituents is 1. The molecule has 0 heterocycles. The van der Waals surface area contributed by atoms with E-state index in [0.29, 0.717) is 0 Å². The number of aromatic hydroxyl groups is 1. The average Bonchev–Trinajstić information content (AvgIpc) is 2.49. The van der Waals surface area contributed by atoms with Gasteiger partial charge in [0, 0.05) is 17.7 Å². The number of phenolic OH excluding ortho intramolecular Hbond substituents is 1. The van der Waals surface area contributed by atoms with E-state index in [1.54, 1.807) is 31.4 Å². The number of hydrogen-bond acceptors (Lipinski definition) is 6. The first-order valence-corrected chi connectivity index (χ1v) is 6.00. The van der Waals surface area contributed by atoms with E-state index in [4.69, 9.17) is 4.74 Å². The fraction of sp³-hybridized carbons (Fsp3) is 0.0714. The van der Waals surface area contributed by atoms with E-state index in [1.165, 1.54) is 24.4 Å². The minimum Gasteiger partial charge on any atom is -0.507 e. The van der Waals surface area contributed by atoms with Crippen LogP contribution in [0.2, 0.25) is 0 Å². The number of nitrogens with zero attached hydrogens (tertiary/aromatic N) is 2. The van der Waals surface area contributed by atoms with Gasteiger partial charge in [-0.15, -0.1) is 0 Å². The third-order valence-corrected chi connectivity index (χ3v) is 2.71. The van der Waals surface area contributed by atoms with Gasteiger partial charge in [0.25, 0.3) is 5.69 Å². The Balaban J connectivity index is 2.09. The molecule has 0 unspecified atom stereocenters. The number of ether oxygens (including phenoxy) is 1. The first kappa shape index (κ1) is 14.3. The summed E-state index contributed by atoms with van der Waals surface area (Å²) >= 11 is 0. The first-order valence-electron chi connectivity index (χ1n) is 6.00. The molecule has 0 aliphatic rings. The van der Waals surface area contributed by atoms with Gasteiger partial charge in [-0.05, 0) is 30.3 Å². The number of phenols is 1. The van der Waals surface area contributed by atoms with Crippen molar-refractivity contribution in [1.82, 2.24) is 0 Å². The number of non-ortho nitro benzene ring substituents is 1. The summed E-state index contributed by atoms with van der Waals surface area (Å²) in [5.41, 5.74) is 3.62. The molecule has 0 amide bonds. The smallest absolute Gasteiger partial charge is 0.270 e. The van der Waals surface area contributed by atoms with Gasteiger partial charge in [-0.2, -0.15) is 5.10 Å². The predicted octanol–water partition coefficient (Wildman–Crippen LogP) is 2.76. The van der Waals surface area contributed by atoms with Gasteiger partial charge in [-0.3, -0.25) is 15.5 Å². The largest absolute Gasteiger partial charge is 0.507 e. The van der Waals surface area contributed by atoms with Crippen molar-refractivity contribution in [3.05, 3.63) is 58.1 Å². The monoisotopic (exact) mass is 287 g/mol. The summed E-state index contributed by atoms with van der Waals surface area (Å²) in [6, 6.07) is 10.8. The quantitative estimate of drug-likeness (QED) is 0.500. The van der Waals surface area contributed by atoms with E-state index in [9.17, 15) is 15.2 Å². The van der Waals surface area contributed by atoms with Crippen LogP contribution in [0.4, 0.5) is 11.4 Å². The Kier molecular flexibility index (Phi) is 4.35. The highest BCUT2D eigenvalue weighted by molar-refractivity contribution is 5.84. The Bertz CT molecular complexity index is 668. The molecule has 7 nitrogen and oxygen atoms in total. The fourth-order valence-corrected chi connectivity index (χ4v) is 1.60. The lowest BCUT2D eigenvalue weighted by atomic mass is 10.2. The van der Waals surface area contributed by atoms with Crippen LogP contribution in [0.25, 0.3) is 0 Å². The van der Waals surface area contributed by atoms with Gasteiger partial charge in [0.05, 0.1) is 23.9 Å². The van der Waals surface area contributed by atoms with Crippen molar-refractivity contribution in [2.45, 2.75) is 0 Å². The van der Waals surface area contributed by atoms with Gasteiger partial charge >= 0.3 is 0 Å². The zero-order chi connectivity index (χ0) is 15.2. The highest BCUT2D eigenvalue weighted by Gasteiger charge is 2.08. The summed E-state index contributed by atoms with van der Waals surface area (Å²) in [6.45, 7) is 0. The molecule has 0 aliphatic carbocycles. The molecule has 0 spiro atoms. The number of nitrogens with one attached hydrogen (secondary N) is 1. The number of rotatable bonds is 5. The van der Waals surface area contributed by atoms with Crippen LogP contribution in [0, 0.1) is 10.1 Å². The molecule has 2 N–H and O–H groups in total. The van der Waals surface area contributed by atoms with Crippen molar-refractivity contribution < 1.29 is 14.8 Å². The number of hydrazone groups is 1. The van der Waals surface area contributed by atoms with Crippen LogP contribution in [0.1, 0.15) is 5.56 Å². The number of benzene rings is 2. The van der Waals surface area contributed by atoms with E-state index >= 15 is 0 Å². The second kappa shape index (κ2) is 6.38. The summed E-state index contributed by atoms with van der Waals surface area (Å²) in [6.07, 6.45) is 1.31. The molecule has 21 heavy (non-hydrogen) atoms. The van der Waals surface area contributed by atoms with Crippen molar-refractivity contribution in [3.63, 3.8) is 0 Å². The Morgan fingerprint density at radius 3 is 2.62 bits per heavy atom. The minimum atomic E-state index is -0.534. The number of nitro groups is 1. The predicted molar refractivity (Wildman–Crippen MR) is 79.0 cm³/mol. The van der Waals surface area contributed by atoms with Crippen LogP contribution in [0.15, 0.2) is 47.6 Å². The highest BCUT2D eigenvalue weighted by atomic mass is 16.6. The molecule has 0 aliphatic heterocycles. The summed E-state index contributed by atoms with van der Waals surface area (Å²) in [4.78, 5) is 10.1. The molecule has 0 saturated heterocycles. The number of hydrogen-bond donors (Lipinski definition) is 2. The van der Waals surface area contributed by atoms with Crippen molar-refractivity contribution in [2.24, 2.45) is 5.10 Å². The lowest BCUT2D eigenvalue weighted by molar-refractivity contribution is -0.384. The van der Waals surface area contributed by atoms with Crippen molar-refractivity contribution in [3.8, 4) is 11.5 Å². The van der Waals surface area contributed by atoms with Gasteiger partial charge in [0.15, 0.2) is 0 Å². The highest BCUT2D eigenvalue weighted by Crippen LogP contribution is 2.21. The second-order valence-electron chi connectivity index (χ2n) is 4.10. The molecule has 2 aromatic rings. The molecule has 108 valence electrons. The van der Waals surface area contributed by atoms with Crippen LogP contribution in [-0.4, -0.2) is 23.4 Å². The Hall–Kier alpha value is -3.09. The van der Waals surface area contributed by atoms with Crippen molar-refractivity contribution in [2.75, 3.05) is 12.5 Å². The van der Waals surface area contributed by atoms with E-state index in [1.807, 2.05) is 0 Å². The third kappa shape index (κ3) is 3.69. The molecule has 2 aromatic carbocycles. The van der Waals surface area contributed by atoms with Gasteiger partial charge in [-0.1, -0.05) is 0 Å². The maximum Gasteiger partial charge on any atom is 0.270 e. The standard InChI is InChI=1S/C14H13N3O4/c1-21-13-5-2-11(3-6-13)16-15-9-10-8-12(17(19)20)4-7-14(10)18/h2-9,16,18H,1H3/b15-9+. The molecule has 0 aromatic heterocycles. The molecule has 0 radical (unpaired) electrons. The summed E-state index contributed by atoms with van der Waals surface area (Å²) in [5, 5.41) is 24.2. The summed E-state index contributed by atoms with van der Waals surface area (Å²) in [5.74, 6) is 0.640. The molecule has 0 atom stereocenters. The fourth-order valence-electron chi connectivity index (χ4n) is 1.60. The van der Waals surface area contributed by atoms with Crippen molar-refractivity contribution >= 4 is 17.6 Å². The molecule has 2 rings (SSSR count). The van der Waals surface area contributed by atoms with Crippen LogP contribution >= 0.6 is 0 Å². The minimum absolute atomic E-state index is 0.0825. The van der Waals surface area contributed by atoms with Gasteiger partial charge in [-0.25, -0.2) is 0 Å². The first-order chi connectivity index (χ1) is 10.1. The summed E-state index contributed by atoms with van der Waals surface area (Å²) < 4.78 is 5.03. The Morgan fingerprint density at radius 1 is 1.29 bits per heavy atom. The SMILES string of the molecule is COc1ccc(N/N=C/c2cc([N+](=O)[O-])ccc2O)cc1. The van der Waals surface area contributed by atoms with E-state index in [2.05, 4.69) is 10.5 Å². The molecular formula is C14H13N3O4. The van der Waals surface area contributed by atoms with Crippen LogP contribution in [0.3, 0.4) is 0 Å². The lowest BCUT2D eigenvalue weighted by Crippen LogP contribution is -1.93. The second-order valence-corrected chi connectivity index (χ2v) is 4.10. The Labute approximate surface area is 120 Å². The van der Waals surface area contributed by atoms with Crippen LogP contribution in [0.5, 0.6) is 11.5 Å². The third-order valence-electron chi connectivity index (χ3n) is 2.71. The average molecular weight is 287 g/mol. The Morgan fingerprint density at radius 2 is 2.00 bits per heavy atom. The maximum atomic E-state index is 10.7. The van der Waals surface area contributed by atoms with E-state index in [-0.39, 0.29) is 17.0 Å². The normalized spacial score (nSPS) is 10.5. The topological polar surface area (TPSA) is 97.0 Å². The van der Waals surface area contributed by atoms with Crippen LogP contribution in [-0.2, 0) is 0 Å². The van der Waals surface area contributed by atoms with Crippen molar-refractivity contribution in [1.29, 1.82) is 0 Å². The number of anilines is 1. The van der Waals surface area contributed by atoms with E-state index < -0.39 is 4.92 Å². The molecular weight excluding hydrogens is 274 g/mol. The molecule has 0 fully saturated rings. The molecule has 7 heteroatoms. The summed E-state index contributed by atoms with van der Waals surface area (Å²) in [7, 11) is 1.58. The van der Waals surface area contributed by atoms with Gasteiger partial charge in [0.2, 0.25) is 0 Å². The van der Waals surface area contributed by atoms with Gasteiger partial charge < -0.3 is 9.84 Å².